The molecule has 1 saturated heterocycles. The number of aryl methyl sites for hydroxylation is 1. The fourth-order valence-electron chi connectivity index (χ4n) is 6.42. The number of aliphatic hydroxyl groups excluding tert-OH is 1. The summed E-state index contributed by atoms with van der Waals surface area (Å²) in [5, 5.41) is 15.7. The monoisotopic (exact) mass is 515 g/mol. The first-order valence-electron chi connectivity index (χ1n) is 12.9. The van der Waals surface area contributed by atoms with Crippen LogP contribution in [-0.4, -0.2) is 59.6 Å². The van der Waals surface area contributed by atoms with Crippen molar-refractivity contribution in [2.45, 2.75) is 68.3 Å². The van der Waals surface area contributed by atoms with E-state index in [0.717, 1.165) is 50.3 Å². The Morgan fingerprint density at radius 2 is 1.78 bits per heavy atom. The van der Waals surface area contributed by atoms with E-state index in [2.05, 4.69) is 39.8 Å². The third-order valence-corrected chi connectivity index (χ3v) is 8.42. The largest absolute Gasteiger partial charge is 0.416 e. The Morgan fingerprint density at radius 1 is 1.03 bits per heavy atom. The zero-order chi connectivity index (χ0) is 26.2. The van der Waals surface area contributed by atoms with E-state index in [-0.39, 0.29) is 17.5 Å². The molecule has 3 N–H and O–H groups in total. The van der Waals surface area contributed by atoms with Gasteiger partial charge >= 0.3 is 6.18 Å². The molecule has 37 heavy (non-hydrogen) atoms. The van der Waals surface area contributed by atoms with E-state index in [1.54, 1.807) is 0 Å². The first kappa shape index (κ1) is 25.7. The van der Waals surface area contributed by atoms with Crippen molar-refractivity contribution in [2.24, 2.45) is 0 Å². The van der Waals surface area contributed by atoms with E-state index < -0.39 is 35.7 Å². The molecule has 0 radical (unpaired) electrons. The Bertz CT molecular complexity index is 1160. The summed E-state index contributed by atoms with van der Waals surface area (Å²) in [6.07, 6.45) is 1.42. The number of likely N-dealkylation sites (tertiary alicyclic amines) is 1. The molecule has 2 aromatic rings. The lowest BCUT2D eigenvalue weighted by molar-refractivity contribution is -0.137. The van der Waals surface area contributed by atoms with Crippen molar-refractivity contribution < 1.29 is 27.9 Å². The Hall–Kier alpha value is -2.91. The van der Waals surface area contributed by atoms with Crippen LogP contribution in [0.15, 0.2) is 48.5 Å². The predicted molar refractivity (Wildman–Crippen MR) is 132 cm³/mol. The van der Waals surface area contributed by atoms with E-state index in [9.17, 15) is 27.9 Å². The van der Waals surface area contributed by atoms with Crippen LogP contribution in [0.2, 0.25) is 0 Å². The van der Waals surface area contributed by atoms with Gasteiger partial charge in [-0.25, -0.2) is 0 Å². The molecule has 198 valence electrons. The van der Waals surface area contributed by atoms with Crippen molar-refractivity contribution in [2.75, 3.05) is 19.6 Å². The van der Waals surface area contributed by atoms with E-state index in [1.165, 1.54) is 23.6 Å². The molecule has 2 aromatic carbocycles. The van der Waals surface area contributed by atoms with Gasteiger partial charge in [0.15, 0.2) is 0 Å². The minimum atomic E-state index is -4.56. The summed E-state index contributed by atoms with van der Waals surface area (Å²) in [4.78, 5) is 27.0. The summed E-state index contributed by atoms with van der Waals surface area (Å²) in [7, 11) is 0. The van der Waals surface area contributed by atoms with E-state index in [1.807, 2.05) is 0 Å². The molecule has 2 amide bonds. The van der Waals surface area contributed by atoms with Crippen LogP contribution in [0, 0.1) is 0 Å². The van der Waals surface area contributed by atoms with Crippen molar-refractivity contribution in [3.63, 3.8) is 0 Å². The molecule has 1 saturated carbocycles. The number of aliphatic hydroxyl groups is 1. The summed E-state index contributed by atoms with van der Waals surface area (Å²) in [5.41, 5.74) is 2.16. The first-order chi connectivity index (χ1) is 17.6. The number of β-amino-alcohol motifs (C(OH)–C–C–N with tert-alkyl or cyclic N) is 1. The van der Waals surface area contributed by atoms with Gasteiger partial charge in [0, 0.05) is 24.7 Å². The average molecular weight is 516 g/mol. The molecule has 6 nitrogen and oxygen atoms in total. The second-order valence-electron chi connectivity index (χ2n) is 10.6. The number of rotatable bonds is 5. The fourth-order valence-corrected chi connectivity index (χ4v) is 6.42. The number of hydrogen-bond acceptors (Lipinski definition) is 4. The lowest BCUT2D eigenvalue weighted by atomic mass is 9.69. The van der Waals surface area contributed by atoms with Crippen LogP contribution in [0.1, 0.15) is 59.2 Å². The van der Waals surface area contributed by atoms with E-state index in [4.69, 9.17) is 0 Å². The molecule has 1 aliphatic heterocycles. The van der Waals surface area contributed by atoms with Crippen molar-refractivity contribution in [1.29, 1.82) is 0 Å². The van der Waals surface area contributed by atoms with Crippen molar-refractivity contribution in [1.82, 2.24) is 15.5 Å². The lowest BCUT2D eigenvalue weighted by Gasteiger charge is -2.41. The quantitative estimate of drug-likeness (QED) is 0.570. The number of amides is 2. The molecular formula is C28H32F3N3O3. The van der Waals surface area contributed by atoms with Gasteiger partial charge in [-0.2, -0.15) is 13.2 Å². The third-order valence-electron chi connectivity index (χ3n) is 8.42. The first-order valence-corrected chi connectivity index (χ1v) is 12.9. The number of benzene rings is 2. The highest BCUT2D eigenvalue weighted by Gasteiger charge is 2.44. The van der Waals surface area contributed by atoms with Crippen LogP contribution < -0.4 is 10.6 Å². The van der Waals surface area contributed by atoms with Crippen LogP contribution in [-0.2, 0) is 22.8 Å². The third kappa shape index (κ3) is 5.38. The van der Waals surface area contributed by atoms with Gasteiger partial charge in [0.2, 0.25) is 5.91 Å². The SMILES string of the molecule is O=C(CNC(=O)c1cccc(C(F)(F)F)c1)N[C@H]1CN(C2CCC3(CCc4ccccc43)CC2)C[C@@H]1O. The number of alkyl halides is 3. The number of fused-ring (bicyclic) bond motifs is 2. The lowest BCUT2D eigenvalue weighted by Crippen LogP contribution is -2.47. The van der Waals surface area contributed by atoms with Gasteiger partial charge in [-0.3, -0.25) is 14.5 Å². The van der Waals surface area contributed by atoms with Gasteiger partial charge in [-0.15, -0.1) is 0 Å². The number of nitrogens with one attached hydrogen (secondary N) is 2. The predicted octanol–water partition coefficient (Wildman–Crippen LogP) is 3.42. The molecule has 2 fully saturated rings. The Morgan fingerprint density at radius 3 is 2.54 bits per heavy atom. The summed E-state index contributed by atoms with van der Waals surface area (Å²) in [6, 6.07) is 12.7. The standard InChI is InChI=1S/C28H32F3N3O3/c29-28(30,31)20-6-3-5-19(14-20)26(37)32-15-25(36)33-23-16-34(17-24(23)35)21-9-12-27(13-10-21)11-8-18-4-1-2-7-22(18)27/h1-7,14,21,23-24,35H,8-13,15-17H2,(H,32,37)(H,33,36)/t21?,23-,24-,27?/m0/s1. The molecule has 1 heterocycles. The van der Waals surface area contributed by atoms with Crippen LogP contribution in [0.25, 0.3) is 0 Å². The minimum Gasteiger partial charge on any atom is -0.390 e. The van der Waals surface area contributed by atoms with Gasteiger partial charge in [-0.05, 0) is 73.3 Å². The molecule has 2 aliphatic carbocycles. The molecule has 3 aliphatic rings. The molecule has 0 unspecified atom stereocenters. The van der Waals surface area contributed by atoms with Crippen LogP contribution in [0.3, 0.4) is 0 Å². The fraction of sp³-hybridized carbons (Fsp3) is 0.500. The Kier molecular flexibility index (Phi) is 7.02. The highest BCUT2D eigenvalue weighted by atomic mass is 19.4. The van der Waals surface area contributed by atoms with Crippen molar-refractivity contribution in [3.8, 4) is 0 Å². The van der Waals surface area contributed by atoms with Gasteiger partial charge in [0.25, 0.3) is 5.91 Å². The zero-order valence-corrected chi connectivity index (χ0v) is 20.6. The minimum absolute atomic E-state index is 0.172. The molecule has 5 rings (SSSR count). The Labute approximate surface area is 214 Å². The van der Waals surface area contributed by atoms with Crippen LogP contribution in [0.5, 0.6) is 0 Å². The number of halogens is 3. The van der Waals surface area contributed by atoms with Gasteiger partial charge in [0.1, 0.15) is 0 Å². The topological polar surface area (TPSA) is 81.7 Å². The molecule has 9 heteroatoms. The highest BCUT2D eigenvalue weighted by Crippen LogP contribution is 2.49. The number of hydrogen-bond donors (Lipinski definition) is 3. The summed E-state index contributed by atoms with van der Waals surface area (Å²) >= 11 is 0. The van der Waals surface area contributed by atoms with E-state index >= 15 is 0 Å². The normalized spacial score (nSPS) is 27.7. The van der Waals surface area contributed by atoms with E-state index in [0.29, 0.717) is 19.1 Å². The molecular weight excluding hydrogens is 483 g/mol. The zero-order valence-electron chi connectivity index (χ0n) is 20.6. The number of carbonyl (C=O) groups is 2. The molecule has 0 bridgehead atoms. The molecule has 1 spiro atoms. The maximum atomic E-state index is 12.9. The average Bonchev–Trinajstić information content (AvgIpc) is 3.43. The van der Waals surface area contributed by atoms with Gasteiger partial charge < -0.3 is 15.7 Å². The maximum absolute atomic E-state index is 12.9. The summed E-state index contributed by atoms with van der Waals surface area (Å²) in [5.74, 6) is -1.25. The van der Waals surface area contributed by atoms with Crippen LogP contribution in [0.4, 0.5) is 13.2 Å². The maximum Gasteiger partial charge on any atom is 0.416 e. The van der Waals surface area contributed by atoms with Crippen molar-refractivity contribution >= 4 is 11.8 Å². The summed E-state index contributed by atoms with van der Waals surface area (Å²) in [6.45, 7) is 0.627. The highest BCUT2D eigenvalue weighted by molar-refractivity contribution is 5.96. The summed E-state index contributed by atoms with van der Waals surface area (Å²) < 4.78 is 38.7. The van der Waals surface area contributed by atoms with Gasteiger partial charge in [0.05, 0.1) is 24.3 Å². The molecule has 0 aromatic heterocycles. The Balaban J connectivity index is 1.10. The second kappa shape index (κ2) is 10.1. The van der Waals surface area contributed by atoms with Gasteiger partial charge in [-0.1, -0.05) is 30.3 Å². The smallest absolute Gasteiger partial charge is 0.390 e. The number of nitrogens with zero attached hydrogens (tertiary/aromatic N) is 1. The van der Waals surface area contributed by atoms with Crippen LogP contribution >= 0.6 is 0 Å². The van der Waals surface area contributed by atoms with Crippen molar-refractivity contribution in [3.05, 3.63) is 70.8 Å². The number of carbonyl (C=O) groups excluding carboxylic acids is 2. The molecule has 2 atom stereocenters. The second-order valence-corrected chi connectivity index (χ2v) is 10.6.